The average Bonchev–Trinajstić information content (AvgIpc) is 2.84. The molecule has 5 nitrogen and oxygen atoms in total. The van der Waals surface area contributed by atoms with E-state index in [0.717, 1.165) is 22.6 Å². The highest BCUT2D eigenvalue weighted by molar-refractivity contribution is 8.93. The van der Waals surface area contributed by atoms with Crippen molar-refractivity contribution < 1.29 is 4.92 Å². The molecule has 0 unspecified atom stereocenters. The zero-order valence-electron chi connectivity index (χ0n) is 10.7. The quantitative estimate of drug-likeness (QED) is 0.529. The van der Waals surface area contributed by atoms with E-state index < -0.39 is 4.92 Å². The van der Waals surface area contributed by atoms with Crippen LogP contribution in [0, 0.1) is 17.0 Å². The molecule has 3 aromatic rings. The van der Waals surface area contributed by atoms with Crippen molar-refractivity contribution >= 4 is 28.3 Å². The van der Waals surface area contributed by atoms with E-state index >= 15 is 0 Å². The number of hydrogen-bond acceptors (Lipinski definition) is 3. The Morgan fingerprint density at radius 3 is 2.45 bits per heavy atom. The van der Waals surface area contributed by atoms with Crippen LogP contribution in [-0.2, 0) is 0 Å². The second-order valence-corrected chi connectivity index (χ2v) is 4.33. The molecule has 2 heterocycles. The monoisotopic (exact) mass is 333 g/mol. The fraction of sp³-hybridized carbons (Fsp3) is 0.0714. The molecule has 0 aliphatic carbocycles. The van der Waals surface area contributed by atoms with Crippen molar-refractivity contribution in [2.45, 2.75) is 6.92 Å². The fourth-order valence-electron chi connectivity index (χ4n) is 2.04. The summed E-state index contributed by atoms with van der Waals surface area (Å²) in [5, 5.41) is 10.6. The van der Waals surface area contributed by atoms with Gasteiger partial charge in [-0.05, 0) is 31.2 Å². The van der Waals surface area contributed by atoms with Gasteiger partial charge in [-0.1, -0.05) is 6.07 Å². The molecular weight excluding hydrogens is 322 g/mol. The van der Waals surface area contributed by atoms with E-state index in [9.17, 15) is 10.1 Å². The summed E-state index contributed by atoms with van der Waals surface area (Å²) in [6.07, 6.45) is 1.94. The number of benzene rings is 1. The van der Waals surface area contributed by atoms with Gasteiger partial charge in [0, 0.05) is 29.6 Å². The van der Waals surface area contributed by atoms with Crippen LogP contribution in [0.25, 0.3) is 16.9 Å². The standard InChI is InChI=1S/C14H11N3O2.BrH/c1-10-3-2-4-14-15-13(9-16(10)14)11-5-7-12(8-6-11)17(18)19;/h2-9H,1H3;1H. The van der Waals surface area contributed by atoms with E-state index in [1.54, 1.807) is 12.1 Å². The maximum absolute atomic E-state index is 10.6. The summed E-state index contributed by atoms with van der Waals surface area (Å²) in [6, 6.07) is 12.3. The lowest BCUT2D eigenvalue weighted by atomic mass is 10.1. The molecular formula is C14H12BrN3O2. The van der Waals surface area contributed by atoms with Crippen LogP contribution >= 0.6 is 17.0 Å². The van der Waals surface area contributed by atoms with Crippen molar-refractivity contribution in [3.8, 4) is 11.3 Å². The van der Waals surface area contributed by atoms with Gasteiger partial charge in [-0.15, -0.1) is 17.0 Å². The Balaban J connectivity index is 0.00000147. The van der Waals surface area contributed by atoms with Gasteiger partial charge in [0.15, 0.2) is 0 Å². The van der Waals surface area contributed by atoms with Crippen LogP contribution < -0.4 is 0 Å². The highest BCUT2D eigenvalue weighted by Gasteiger charge is 2.08. The summed E-state index contributed by atoms with van der Waals surface area (Å²) in [5.41, 5.74) is 3.73. The number of rotatable bonds is 2. The molecule has 0 aliphatic heterocycles. The minimum atomic E-state index is -0.405. The van der Waals surface area contributed by atoms with Crippen LogP contribution in [0.5, 0.6) is 0 Å². The number of nitro benzene ring substituents is 1. The van der Waals surface area contributed by atoms with E-state index in [2.05, 4.69) is 4.98 Å². The zero-order valence-corrected chi connectivity index (χ0v) is 12.4. The van der Waals surface area contributed by atoms with Gasteiger partial charge in [0.1, 0.15) is 5.65 Å². The molecule has 0 radical (unpaired) electrons. The van der Waals surface area contributed by atoms with Crippen LogP contribution in [0.4, 0.5) is 5.69 Å². The summed E-state index contributed by atoms with van der Waals surface area (Å²) in [4.78, 5) is 14.7. The van der Waals surface area contributed by atoms with Crippen molar-refractivity contribution in [1.82, 2.24) is 9.38 Å². The van der Waals surface area contributed by atoms with Crippen LogP contribution in [-0.4, -0.2) is 14.3 Å². The number of pyridine rings is 1. The number of fused-ring (bicyclic) bond motifs is 1. The van der Waals surface area contributed by atoms with Crippen LogP contribution in [0.15, 0.2) is 48.7 Å². The predicted molar refractivity (Wildman–Crippen MR) is 82.3 cm³/mol. The highest BCUT2D eigenvalue weighted by atomic mass is 79.9. The number of halogens is 1. The molecule has 20 heavy (non-hydrogen) atoms. The summed E-state index contributed by atoms with van der Waals surface area (Å²) < 4.78 is 2.00. The number of aryl methyl sites for hydroxylation is 1. The molecule has 0 amide bonds. The molecule has 0 saturated carbocycles. The third kappa shape index (κ3) is 2.42. The Bertz CT molecular complexity index is 766. The topological polar surface area (TPSA) is 60.4 Å². The Labute approximate surface area is 125 Å². The van der Waals surface area contributed by atoms with Gasteiger partial charge in [0.25, 0.3) is 5.69 Å². The highest BCUT2D eigenvalue weighted by Crippen LogP contribution is 2.22. The molecule has 1 aromatic carbocycles. The van der Waals surface area contributed by atoms with E-state index in [4.69, 9.17) is 0 Å². The van der Waals surface area contributed by atoms with Gasteiger partial charge in [-0.2, -0.15) is 0 Å². The summed E-state index contributed by atoms with van der Waals surface area (Å²) in [6.45, 7) is 2.01. The molecule has 0 saturated heterocycles. The Hall–Kier alpha value is -2.21. The summed E-state index contributed by atoms with van der Waals surface area (Å²) in [5.74, 6) is 0. The number of aromatic nitrogens is 2. The first kappa shape index (κ1) is 14.2. The number of imidazole rings is 1. The van der Waals surface area contributed by atoms with Crippen molar-refractivity contribution in [2.24, 2.45) is 0 Å². The van der Waals surface area contributed by atoms with E-state index in [1.807, 2.05) is 35.7 Å². The molecule has 0 bridgehead atoms. The Kier molecular flexibility index (Phi) is 3.85. The third-order valence-corrected chi connectivity index (χ3v) is 3.07. The Morgan fingerprint density at radius 2 is 1.85 bits per heavy atom. The molecule has 2 aromatic heterocycles. The number of non-ortho nitro benzene ring substituents is 1. The van der Waals surface area contributed by atoms with Crippen molar-refractivity contribution in [3.05, 3.63) is 64.5 Å². The van der Waals surface area contributed by atoms with Gasteiger partial charge < -0.3 is 4.40 Å². The first-order valence-corrected chi connectivity index (χ1v) is 5.85. The van der Waals surface area contributed by atoms with Gasteiger partial charge >= 0.3 is 0 Å². The lowest BCUT2D eigenvalue weighted by molar-refractivity contribution is -0.384. The molecule has 0 fully saturated rings. The smallest absolute Gasteiger partial charge is 0.269 e. The molecule has 0 aliphatic rings. The van der Waals surface area contributed by atoms with Gasteiger partial charge in [-0.3, -0.25) is 10.1 Å². The lowest BCUT2D eigenvalue weighted by Gasteiger charge is -1.96. The lowest BCUT2D eigenvalue weighted by Crippen LogP contribution is -1.87. The number of nitro groups is 1. The molecule has 0 spiro atoms. The maximum atomic E-state index is 10.6. The second-order valence-electron chi connectivity index (χ2n) is 4.33. The first-order valence-electron chi connectivity index (χ1n) is 5.85. The third-order valence-electron chi connectivity index (χ3n) is 3.07. The molecule has 6 heteroatoms. The number of nitrogens with zero attached hydrogens (tertiary/aromatic N) is 3. The van der Waals surface area contributed by atoms with E-state index in [0.29, 0.717) is 0 Å². The first-order chi connectivity index (χ1) is 9.15. The van der Waals surface area contributed by atoms with E-state index in [-0.39, 0.29) is 22.7 Å². The zero-order chi connectivity index (χ0) is 13.4. The minimum absolute atomic E-state index is 0. The van der Waals surface area contributed by atoms with Crippen molar-refractivity contribution in [2.75, 3.05) is 0 Å². The SMILES string of the molecule is Br.Cc1cccc2nc(-c3ccc([N+](=O)[O-])cc3)cn12. The van der Waals surface area contributed by atoms with Crippen LogP contribution in [0.2, 0.25) is 0 Å². The number of hydrogen-bond donors (Lipinski definition) is 0. The van der Waals surface area contributed by atoms with Gasteiger partial charge in [0.05, 0.1) is 10.6 Å². The molecule has 102 valence electrons. The predicted octanol–water partition coefficient (Wildman–Crippen LogP) is 3.80. The molecule has 0 atom stereocenters. The minimum Gasteiger partial charge on any atom is -0.304 e. The second kappa shape index (κ2) is 5.42. The van der Waals surface area contributed by atoms with Crippen LogP contribution in [0.3, 0.4) is 0 Å². The Morgan fingerprint density at radius 1 is 1.15 bits per heavy atom. The summed E-state index contributed by atoms with van der Waals surface area (Å²) in [7, 11) is 0. The maximum Gasteiger partial charge on any atom is 0.269 e. The van der Waals surface area contributed by atoms with Crippen molar-refractivity contribution in [3.63, 3.8) is 0 Å². The fourth-order valence-corrected chi connectivity index (χ4v) is 2.04. The van der Waals surface area contributed by atoms with Gasteiger partial charge in [0.2, 0.25) is 0 Å². The van der Waals surface area contributed by atoms with E-state index in [1.165, 1.54) is 12.1 Å². The normalized spacial score (nSPS) is 10.2. The summed E-state index contributed by atoms with van der Waals surface area (Å²) >= 11 is 0. The van der Waals surface area contributed by atoms with Crippen LogP contribution in [0.1, 0.15) is 5.69 Å². The van der Waals surface area contributed by atoms with Crippen molar-refractivity contribution in [1.29, 1.82) is 0 Å². The molecule has 3 rings (SSSR count). The average molecular weight is 334 g/mol. The largest absolute Gasteiger partial charge is 0.304 e. The van der Waals surface area contributed by atoms with Gasteiger partial charge in [-0.25, -0.2) is 4.98 Å². The molecule has 0 N–H and O–H groups in total.